The molecule has 4 aromatic heterocycles. The van der Waals surface area contributed by atoms with E-state index < -0.39 is 24.1 Å². The van der Waals surface area contributed by atoms with Crippen LogP contribution in [0.5, 0.6) is 0 Å². The standard InChI is InChI=1S/2C19H21N3O.C7H8.C4H6O6/c2*1-13-5-8-15(9-6-13)19-16(11-18(23)21(3)4)22-12-14(2)7-10-17(22)20-19;1-7-5-3-2-4-6-7;5-1(3(7)8)2(6)4(9)10/h2*5-10,12H,11H2,1-4H3;2-6H,1H3;1-2,5-6H,(H,7,8)(H,9,10). The topological polar surface area (TPSA) is 190 Å². The van der Waals surface area contributed by atoms with Crippen molar-refractivity contribution in [2.75, 3.05) is 28.2 Å². The number of likely N-dealkylation sites (N-methyl/N-ethyl adjacent to an activating group) is 2. The van der Waals surface area contributed by atoms with Gasteiger partial charge in [0.2, 0.25) is 11.8 Å². The molecule has 2 unspecified atom stereocenters. The van der Waals surface area contributed by atoms with Gasteiger partial charge in [-0.05, 0) is 57.9 Å². The average molecular weight is 857 g/mol. The highest BCUT2D eigenvalue weighted by molar-refractivity contribution is 5.83. The van der Waals surface area contributed by atoms with Gasteiger partial charge in [0.1, 0.15) is 11.3 Å². The molecule has 0 aliphatic heterocycles. The lowest BCUT2D eigenvalue weighted by Gasteiger charge is -2.11. The number of aliphatic carboxylic acids is 2. The van der Waals surface area contributed by atoms with E-state index in [1.165, 1.54) is 16.7 Å². The normalized spacial score (nSPS) is 11.5. The van der Waals surface area contributed by atoms with Crippen molar-refractivity contribution in [2.24, 2.45) is 0 Å². The molecule has 3 aromatic carbocycles. The molecule has 0 saturated carbocycles. The lowest BCUT2D eigenvalue weighted by molar-refractivity contribution is -0.165. The van der Waals surface area contributed by atoms with Crippen LogP contribution in [0.2, 0.25) is 0 Å². The second-order valence-corrected chi connectivity index (χ2v) is 15.6. The van der Waals surface area contributed by atoms with Crippen LogP contribution in [0.4, 0.5) is 0 Å². The number of fused-ring (bicyclic) bond motifs is 2. The summed E-state index contributed by atoms with van der Waals surface area (Å²) in [6.45, 7) is 10.3. The van der Waals surface area contributed by atoms with Gasteiger partial charge in [-0.2, -0.15) is 0 Å². The van der Waals surface area contributed by atoms with Gasteiger partial charge in [-0.25, -0.2) is 19.6 Å². The molecule has 63 heavy (non-hydrogen) atoms. The third kappa shape index (κ3) is 13.4. The van der Waals surface area contributed by atoms with E-state index in [0.717, 1.165) is 56.3 Å². The molecule has 330 valence electrons. The Kier molecular flexibility index (Phi) is 17.0. The summed E-state index contributed by atoms with van der Waals surface area (Å²) in [5.41, 5.74) is 13.5. The Labute approximate surface area is 367 Å². The fourth-order valence-corrected chi connectivity index (χ4v) is 6.03. The molecule has 0 bridgehead atoms. The maximum absolute atomic E-state index is 12.3. The number of hydrogen-bond donors (Lipinski definition) is 4. The number of carboxylic acids is 2. The van der Waals surface area contributed by atoms with Crippen molar-refractivity contribution in [3.8, 4) is 22.5 Å². The van der Waals surface area contributed by atoms with Crippen LogP contribution in [-0.4, -0.2) is 113 Å². The first-order valence-corrected chi connectivity index (χ1v) is 20.1. The summed E-state index contributed by atoms with van der Waals surface area (Å²) in [5.74, 6) is -3.40. The van der Waals surface area contributed by atoms with E-state index in [1.54, 1.807) is 38.0 Å². The van der Waals surface area contributed by atoms with Crippen LogP contribution in [0.15, 0.2) is 116 Å². The second-order valence-electron chi connectivity index (χ2n) is 15.6. The third-order valence-corrected chi connectivity index (χ3v) is 9.76. The molecule has 14 heteroatoms. The average Bonchev–Trinajstić information content (AvgIpc) is 3.78. The zero-order valence-corrected chi connectivity index (χ0v) is 37.1. The monoisotopic (exact) mass is 856 g/mol. The Bertz CT molecular complexity index is 2490. The number of aliphatic hydroxyl groups excluding tert-OH is 2. The number of benzene rings is 3. The summed E-state index contributed by atoms with van der Waals surface area (Å²) in [6.07, 6.45) is 0.216. The minimum absolute atomic E-state index is 0.0710. The van der Waals surface area contributed by atoms with E-state index in [2.05, 4.69) is 81.4 Å². The van der Waals surface area contributed by atoms with Gasteiger partial charge in [-0.1, -0.05) is 108 Å². The summed E-state index contributed by atoms with van der Waals surface area (Å²) in [7, 11) is 7.12. The number of aliphatic hydroxyl groups is 2. The van der Waals surface area contributed by atoms with Crippen LogP contribution >= 0.6 is 0 Å². The van der Waals surface area contributed by atoms with Gasteiger partial charge < -0.3 is 39.0 Å². The summed E-state index contributed by atoms with van der Waals surface area (Å²) in [6, 6.07) is 34.9. The lowest BCUT2D eigenvalue weighted by atomic mass is 10.1. The van der Waals surface area contributed by atoms with E-state index >= 15 is 0 Å². The highest BCUT2D eigenvalue weighted by atomic mass is 16.4. The number of nitrogens with zero attached hydrogens (tertiary/aromatic N) is 6. The number of carbonyl (C=O) groups is 4. The molecule has 0 radical (unpaired) electrons. The first-order chi connectivity index (χ1) is 29.8. The highest BCUT2D eigenvalue weighted by Crippen LogP contribution is 2.27. The molecule has 14 nitrogen and oxygen atoms in total. The zero-order valence-electron chi connectivity index (χ0n) is 37.1. The largest absolute Gasteiger partial charge is 0.479 e. The van der Waals surface area contributed by atoms with Crippen molar-refractivity contribution in [1.29, 1.82) is 0 Å². The Morgan fingerprint density at radius 2 is 0.810 bits per heavy atom. The lowest BCUT2D eigenvalue weighted by Crippen LogP contribution is -2.39. The molecular weight excluding hydrogens is 801 g/mol. The minimum Gasteiger partial charge on any atom is -0.479 e. The molecule has 0 spiro atoms. The summed E-state index contributed by atoms with van der Waals surface area (Å²) in [4.78, 5) is 56.8. The fraction of sp³-hybridized carbons (Fsp3) is 0.265. The van der Waals surface area contributed by atoms with Crippen molar-refractivity contribution in [3.05, 3.63) is 155 Å². The van der Waals surface area contributed by atoms with Crippen molar-refractivity contribution in [1.82, 2.24) is 28.6 Å². The van der Waals surface area contributed by atoms with Crippen molar-refractivity contribution >= 4 is 35.0 Å². The predicted molar refractivity (Wildman–Crippen MR) is 243 cm³/mol. The molecule has 2 atom stereocenters. The molecule has 0 saturated heterocycles. The number of carbonyl (C=O) groups excluding carboxylic acids is 2. The van der Waals surface area contributed by atoms with E-state index in [9.17, 15) is 19.2 Å². The van der Waals surface area contributed by atoms with Gasteiger partial charge in [0.05, 0.1) is 35.6 Å². The number of carboxylic acid groups (broad SMARTS) is 2. The molecular formula is C49H56N6O8. The predicted octanol–water partition coefficient (Wildman–Crippen LogP) is 6.37. The van der Waals surface area contributed by atoms with Crippen molar-refractivity contribution < 1.29 is 39.6 Å². The molecule has 4 N–H and O–H groups in total. The zero-order chi connectivity index (χ0) is 46.5. The summed E-state index contributed by atoms with van der Waals surface area (Å²) >= 11 is 0. The van der Waals surface area contributed by atoms with Crippen LogP contribution in [0.3, 0.4) is 0 Å². The molecule has 7 aromatic rings. The van der Waals surface area contributed by atoms with E-state index in [4.69, 9.17) is 30.4 Å². The van der Waals surface area contributed by atoms with Crippen LogP contribution in [0.25, 0.3) is 33.8 Å². The minimum atomic E-state index is -2.27. The smallest absolute Gasteiger partial charge is 0.335 e. The number of rotatable bonds is 9. The van der Waals surface area contributed by atoms with E-state index in [-0.39, 0.29) is 11.8 Å². The van der Waals surface area contributed by atoms with Gasteiger partial charge in [-0.3, -0.25) is 9.59 Å². The molecule has 7 rings (SSSR count). The van der Waals surface area contributed by atoms with Crippen LogP contribution in [0, 0.1) is 34.6 Å². The highest BCUT2D eigenvalue weighted by Gasteiger charge is 2.29. The van der Waals surface area contributed by atoms with E-state index in [0.29, 0.717) is 12.8 Å². The van der Waals surface area contributed by atoms with Gasteiger partial charge >= 0.3 is 11.9 Å². The SMILES string of the molecule is Cc1ccc(-c2nc3ccc(C)cn3c2CC(=O)N(C)C)cc1.Cc1ccc(-c2nc3ccc(C)cn3c2CC(=O)N(C)C)cc1.Cc1ccccc1.O=C(O)C(O)C(O)C(=O)O. The first-order valence-electron chi connectivity index (χ1n) is 20.1. The number of aryl methyl sites for hydroxylation is 5. The number of amides is 2. The Morgan fingerprint density at radius 1 is 0.492 bits per heavy atom. The number of aromatic nitrogens is 4. The summed E-state index contributed by atoms with van der Waals surface area (Å²) < 4.78 is 4.07. The quantitative estimate of drug-likeness (QED) is 0.127. The van der Waals surface area contributed by atoms with Crippen LogP contribution in [0.1, 0.15) is 39.2 Å². The first kappa shape index (κ1) is 48.5. The molecule has 0 fully saturated rings. The Hall–Kier alpha value is -7.16. The summed E-state index contributed by atoms with van der Waals surface area (Å²) in [5, 5.41) is 32.5. The van der Waals surface area contributed by atoms with Gasteiger partial charge in [0.15, 0.2) is 12.2 Å². The fourth-order valence-electron chi connectivity index (χ4n) is 6.03. The van der Waals surface area contributed by atoms with Crippen molar-refractivity contribution in [3.63, 3.8) is 0 Å². The third-order valence-electron chi connectivity index (χ3n) is 9.76. The number of hydrogen-bond acceptors (Lipinski definition) is 8. The number of pyridine rings is 2. The Balaban J connectivity index is 0.000000204. The Morgan fingerprint density at radius 3 is 1.10 bits per heavy atom. The molecule has 4 heterocycles. The second kappa shape index (κ2) is 22.1. The van der Waals surface area contributed by atoms with Gasteiger partial charge in [0, 0.05) is 51.7 Å². The van der Waals surface area contributed by atoms with E-state index in [1.807, 2.05) is 77.5 Å². The maximum Gasteiger partial charge on any atom is 0.335 e. The molecule has 0 aliphatic rings. The maximum atomic E-state index is 12.3. The number of imidazole rings is 2. The molecule has 0 aliphatic carbocycles. The molecule has 2 amide bonds. The van der Waals surface area contributed by atoms with Gasteiger partial charge in [0.25, 0.3) is 0 Å². The van der Waals surface area contributed by atoms with Crippen LogP contribution in [-0.2, 0) is 32.0 Å². The van der Waals surface area contributed by atoms with Crippen LogP contribution < -0.4 is 0 Å². The van der Waals surface area contributed by atoms with Gasteiger partial charge in [-0.15, -0.1) is 0 Å². The van der Waals surface area contributed by atoms with Crippen molar-refractivity contribution in [2.45, 2.75) is 59.7 Å².